The second kappa shape index (κ2) is 11.1. The summed E-state index contributed by atoms with van der Waals surface area (Å²) >= 11 is 5.82. The Labute approximate surface area is 174 Å². The van der Waals surface area contributed by atoms with Crippen LogP contribution in [0.3, 0.4) is 0 Å². The van der Waals surface area contributed by atoms with Gasteiger partial charge in [0.15, 0.2) is 5.11 Å². The fourth-order valence-corrected chi connectivity index (χ4v) is 4.03. The Balaban J connectivity index is 1.65. The van der Waals surface area contributed by atoms with E-state index in [-0.39, 0.29) is 0 Å². The lowest BCUT2D eigenvalue weighted by Gasteiger charge is -2.29. The van der Waals surface area contributed by atoms with Crippen LogP contribution in [-0.2, 0) is 13.1 Å². The Morgan fingerprint density at radius 1 is 1.07 bits per heavy atom. The van der Waals surface area contributed by atoms with Crippen LogP contribution in [0, 0.1) is 0 Å². The highest BCUT2D eigenvalue weighted by Gasteiger charge is 2.17. The van der Waals surface area contributed by atoms with E-state index in [1.165, 1.54) is 50.5 Å². The van der Waals surface area contributed by atoms with Crippen molar-refractivity contribution in [3.8, 4) is 5.75 Å². The van der Waals surface area contributed by atoms with E-state index >= 15 is 0 Å². The molecule has 1 aromatic carbocycles. The minimum absolute atomic E-state index is 0.479. The summed E-state index contributed by atoms with van der Waals surface area (Å²) < 4.78 is 11.1. The SMILES string of the molecule is CCOc1ccc(CN(Cc2ccco2)C(=S)NC2CCCCCCC2)cc1. The summed E-state index contributed by atoms with van der Waals surface area (Å²) in [4.78, 5) is 2.20. The van der Waals surface area contributed by atoms with E-state index in [1.54, 1.807) is 6.26 Å². The maximum absolute atomic E-state index is 5.82. The first kappa shape index (κ1) is 20.7. The number of rotatable bonds is 7. The maximum Gasteiger partial charge on any atom is 0.169 e. The molecule has 1 saturated carbocycles. The van der Waals surface area contributed by atoms with Gasteiger partial charge in [0.05, 0.1) is 19.4 Å². The Hall–Kier alpha value is -2.01. The van der Waals surface area contributed by atoms with Gasteiger partial charge < -0.3 is 19.4 Å². The molecular formula is C23H32N2O2S. The topological polar surface area (TPSA) is 37.6 Å². The van der Waals surface area contributed by atoms with Crippen molar-refractivity contribution in [1.82, 2.24) is 10.2 Å². The molecule has 3 rings (SSSR count). The molecule has 5 heteroatoms. The minimum Gasteiger partial charge on any atom is -0.494 e. The van der Waals surface area contributed by atoms with Crippen LogP contribution in [0.1, 0.15) is 63.2 Å². The maximum atomic E-state index is 5.82. The molecule has 0 radical (unpaired) electrons. The summed E-state index contributed by atoms with van der Waals surface area (Å²) in [7, 11) is 0. The van der Waals surface area contributed by atoms with Gasteiger partial charge in [-0.3, -0.25) is 0 Å². The number of ether oxygens (including phenoxy) is 1. The second-order valence-corrected chi connectivity index (χ2v) is 7.89. The Morgan fingerprint density at radius 3 is 2.43 bits per heavy atom. The van der Waals surface area contributed by atoms with Crippen LogP contribution < -0.4 is 10.1 Å². The lowest BCUT2D eigenvalue weighted by Crippen LogP contribution is -2.44. The van der Waals surface area contributed by atoms with E-state index < -0.39 is 0 Å². The number of benzene rings is 1. The molecule has 1 heterocycles. The highest BCUT2D eigenvalue weighted by atomic mass is 32.1. The summed E-state index contributed by atoms with van der Waals surface area (Å²) in [6.45, 7) is 4.09. The molecule has 0 spiro atoms. The van der Waals surface area contributed by atoms with E-state index in [2.05, 4.69) is 22.3 Å². The average molecular weight is 401 g/mol. The van der Waals surface area contributed by atoms with E-state index in [0.717, 1.165) is 23.2 Å². The molecule has 28 heavy (non-hydrogen) atoms. The number of hydrogen-bond acceptors (Lipinski definition) is 3. The first-order valence-electron chi connectivity index (χ1n) is 10.5. The summed E-state index contributed by atoms with van der Waals surface area (Å²) in [6, 6.07) is 12.7. The molecule has 1 aliphatic carbocycles. The fourth-order valence-electron chi connectivity index (χ4n) is 3.73. The van der Waals surface area contributed by atoms with Gasteiger partial charge in [0, 0.05) is 12.6 Å². The Morgan fingerprint density at radius 2 is 1.79 bits per heavy atom. The molecule has 1 N–H and O–H groups in total. The van der Waals surface area contributed by atoms with Gasteiger partial charge in [0.1, 0.15) is 11.5 Å². The van der Waals surface area contributed by atoms with Crippen LogP contribution >= 0.6 is 12.2 Å². The lowest BCUT2D eigenvalue weighted by molar-refractivity contribution is 0.335. The summed E-state index contributed by atoms with van der Waals surface area (Å²) in [5, 5.41) is 4.46. The Bertz CT molecular complexity index is 692. The van der Waals surface area contributed by atoms with Crippen molar-refractivity contribution in [3.63, 3.8) is 0 Å². The fraction of sp³-hybridized carbons (Fsp3) is 0.522. The number of nitrogens with zero attached hydrogens (tertiary/aromatic N) is 1. The predicted octanol–water partition coefficient (Wildman–Crippen LogP) is 5.67. The molecule has 0 unspecified atom stereocenters. The van der Waals surface area contributed by atoms with Gasteiger partial charge in [0.25, 0.3) is 0 Å². The van der Waals surface area contributed by atoms with E-state index in [1.807, 2.05) is 31.2 Å². The number of nitrogens with one attached hydrogen (secondary N) is 1. The third-order valence-electron chi connectivity index (χ3n) is 5.25. The molecule has 4 nitrogen and oxygen atoms in total. The molecular weight excluding hydrogens is 368 g/mol. The van der Waals surface area contributed by atoms with Crippen LogP contribution in [0.2, 0.25) is 0 Å². The van der Waals surface area contributed by atoms with Crippen LogP contribution in [0.15, 0.2) is 47.1 Å². The smallest absolute Gasteiger partial charge is 0.169 e. The molecule has 0 bridgehead atoms. The van der Waals surface area contributed by atoms with Crippen LogP contribution in [-0.4, -0.2) is 22.7 Å². The zero-order chi connectivity index (χ0) is 19.6. The van der Waals surface area contributed by atoms with Gasteiger partial charge in [-0.2, -0.15) is 0 Å². The number of furan rings is 1. The highest BCUT2D eigenvalue weighted by molar-refractivity contribution is 7.80. The molecule has 1 aliphatic rings. The number of hydrogen-bond donors (Lipinski definition) is 1. The largest absolute Gasteiger partial charge is 0.494 e. The van der Waals surface area contributed by atoms with Crippen molar-refractivity contribution in [2.75, 3.05) is 6.61 Å². The van der Waals surface area contributed by atoms with Crippen LogP contribution in [0.5, 0.6) is 5.75 Å². The van der Waals surface area contributed by atoms with Crippen LogP contribution in [0.4, 0.5) is 0 Å². The zero-order valence-electron chi connectivity index (χ0n) is 16.9. The average Bonchev–Trinajstić information content (AvgIpc) is 3.18. The lowest BCUT2D eigenvalue weighted by atomic mass is 9.97. The minimum atomic E-state index is 0.479. The molecule has 152 valence electrons. The molecule has 0 atom stereocenters. The standard InChI is InChI=1S/C23H32N2O2S/c1-2-26-21-14-12-19(13-15-21)17-25(18-22-11-8-16-27-22)23(28)24-20-9-6-4-3-5-7-10-20/h8,11-16,20H,2-7,9-10,17-18H2,1H3,(H,24,28). The van der Waals surface area contributed by atoms with E-state index in [4.69, 9.17) is 21.4 Å². The van der Waals surface area contributed by atoms with Crippen molar-refractivity contribution in [1.29, 1.82) is 0 Å². The first-order valence-corrected chi connectivity index (χ1v) is 10.9. The van der Waals surface area contributed by atoms with Crippen LogP contribution in [0.25, 0.3) is 0 Å². The van der Waals surface area contributed by atoms with Gasteiger partial charge in [-0.1, -0.05) is 44.2 Å². The van der Waals surface area contributed by atoms with Crippen molar-refractivity contribution in [3.05, 3.63) is 54.0 Å². The van der Waals surface area contributed by atoms with Gasteiger partial charge in [0.2, 0.25) is 0 Å². The summed E-state index contributed by atoms with van der Waals surface area (Å²) in [5.41, 5.74) is 1.21. The monoisotopic (exact) mass is 400 g/mol. The molecule has 0 saturated heterocycles. The molecule has 1 aromatic heterocycles. The zero-order valence-corrected chi connectivity index (χ0v) is 17.7. The predicted molar refractivity (Wildman–Crippen MR) is 117 cm³/mol. The Kier molecular flexibility index (Phi) is 8.22. The molecule has 1 fully saturated rings. The number of thiocarbonyl (C=S) groups is 1. The highest BCUT2D eigenvalue weighted by Crippen LogP contribution is 2.19. The molecule has 0 aliphatic heterocycles. The van der Waals surface area contributed by atoms with E-state index in [0.29, 0.717) is 19.2 Å². The van der Waals surface area contributed by atoms with Gasteiger partial charge in [-0.15, -0.1) is 0 Å². The quantitative estimate of drug-likeness (QED) is 0.606. The summed E-state index contributed by atoms with van der Waals surface area (Å²) in [5.74, 6) is 1.83. The third kappa shape index (κ3) is 6.55. The molecule has 0 amide bonds. The third-order valence-corrected chi connectivity index (χ3v) is 5.63. The van der Waals surface area contributed by atoms with Crippen molar-refractivity contribution < 1.29 is 9.15 Å². The normalized spacial score (nSPS) is 15.5. The summed E-state index contributed by atoms with van der Waals surface area (Å²) in [6.07, 6.45) is 10.8. The van der Waals surface area contributed by atoms with E-state index in [9.17, 15) is 0 Å². The molecule has 2 aromatic rings. The van der Waals surface area contributed by atoms with Gasteiger partial charge >= 0.3 is 0 Å². The van der Waals surface area contributed by atoms with Crippen molar-refractivity contribution in [2.45, 2.75) is 71.0 Å². The van der Waals surface area contributed by atoms with Crippen molar-refractivity contribution >= 4 is 17.3 Å². The second-order valence-electron chi connectivity index (χ2n) is 7.50. The van der Waals surface area contributed by atoms with Crippen molar-refractivity contribution in [2.24, 2.45) is 0 Å². The van der Waals surface area contributed by atoms with Gasteiger partial charge in [-0.25, -0.2) is 0 Å². The van der Waals surface area contributed by atoms with Gasteiger partial charge in [-0.05, 0) is 61.8 Å². The first-order chi connectivity index (χ1) is 13.7.